The number of fused-ring (bicyclic) bond motifs is 9. The second-order valence-corrected chi connectivity index (χ2v) is 13.0. The Morgan fingerprint density at radius 3 is 1.96 bits per heavy atom. The molecule has 46 heavy (non-hydrogen) atoms. The van der Waals surface area contributed by atoms with Crippen molar-refractivity contribution in [3.05, 3.63) is 152 Å². The van der Waals surface area contributed by atoms with E-state index in [1.54, 1.807) is 0 Å². The summed E-state index contributed by atoms with van der Waals surface area (Å²) in [7, 11) is 0. The quantitative estimate of drug-likeness (QED) is 0.188. The van der Waals surface area contributed by atoms with Gasteiger partial charge in [0.15, 0.2) is 0 Å². The molecule has 2 nitrogen and oxygen atoms in total. The molecule has 10 rings (SSSR count). The van der Waals surface area contributed by atoms with Gasteiger partial charge in [-0.15, -0.1) is 11.3 Å². The van der Waals surface area contributed by atoms with E-state index < -0.39 is 0 Å². The molecule has 7 aromatic carbocycles. The van der Waals surface area contributed by atoms with Crippen LogP contribution in [0.15, 0.2) is 156 Å². The number of benzene rings is 7. The maximum atomic E-state index is 6.53. The lowest BCUT2D eigenvalue weighted by molar-refractivity contribution is 0.669. The Balaban J connectivity index is 1.23. The number of rotatable bonds is 3. The summed E-state index contributed by atoms with van der Waals surface area (Å²) in [5.74, 6) is 0. The zero-order valence-corrected chi connectivity index (χ0v) is 25.5. The highest BCUT2D eigenvalue weighted by Crippen LogP contribution is 2.46. The Morgan fingerprint density at radius 2 is 1.09 bits per heavy atom. The highest BCUT2D eigenvalue weighted by Gasteiger charge is 2.21. The first-order valence-electron chi connectivity index (χ1n) is 15.5. The number of hydrogen-bond donors (Lipinski definition) is 0. The van der Waals surface area contributed by atoms with Gasteiger partial charge in [-0.25, -0.2) is 4.98 Å². The lowest BCUT2D eigenvalue weighted by atomic mass is 9.89. The van der Waals surface area contributed by atoms with E-state index >= 15 is 0 Å². The highest BCUT2D eigenvalue weighted by atomic mass is 32.1. The molecule has 3 heteroatoms. The van der Waals surface area contributed by atoms with E-state index in [2.05, 4.69) is 146 Å². The molecule has 0 aliphatic carbocycles. The Kier molecular flexibility index (Phi) is 5.48. The number of para-hydroxylation sites is 2. The van der Waals surface area contributed by atoms with Gasteiger partial charge in [-0.2, -0.15) is 0 Å². The summed E-state index contributed by atoms with van der Waals surface area (Å²) in [4.78, 5) is 5.30. The van der Waals surface area contributed by atoms with E-state index in [1.807, 2.05) is 17.4 Å². The van der Waals surface area contributed by atoms with Gasteiger partial charge in [-0.3, -0.25) is 0 Å². The normalized spacial score (nSPS) is 11.9. The first kappa shape index (κ1) is 25.5. The van der Waals surface area contributed by atoms with Crippen molar-refractivity contribution in [2.45, 2.75) is 0 Å². The summed E-state index contributed by atoms with van der Waals surface area (Å²) in [6, 6.07) is 54.1. The predicted molar refractivity (Wildman–Crippen MR) is 196 cm³/mol. The molecule has 0 aliphatic rings. The molecule has 0 amide bonds. The van der Waals surface area contributed by atoms with Crippen LogP contribution >= 0.6 is 11.3 Å². The van der Waals surface area contributed by atoms with Gasteiger partial charge in [-0.05, 0) is 53.1 Å². The van der Waals surface area contributed by atoms with Crippen LogP contribution in [0.25, 0.3) is 97.3 Å². The van der Waals surface area contributed by atoms with Crippen molar-refractivity contribution in [1.29, 1.82) is 0 Å². The van der Waals surface area contributed by atoms with Gasteiger partial charge in [0.1, 0.15) is 11.2 Å². The lowest BCUT2D eigenvalue weighted by Crippen LogP contribution is -1.93. The van der Waals surface area contributed by atoms with E-state index in [0.717, 1.165) is 49.5 Å². The molecule has 0 bridgehead atoms. The molecule has 3 aromatic heterocycles. The third kappa shape index (κ3) is 3.79. The molecular formula is C43H25NOS. The summed E-state index contributed by atoms with van der Waals surface area (Å²) in [5, 5.41) is 8.32. The van der Waals surface area contributed by atoms with Gasteiger partial charge in [0.2, 0.25) is 0 Å². The molecule has 0 N–H and O–H groups in total. The maximum absolute atomic E-state index is 6.53. The molecule has 0 saturated carbocycles. The van der Waals surface area contributed by atoms with Gasteiger partial charge >= 0.3 is 0 Å². The Labute approximate surface area is 268 Å². The van der Waals surface area contributed by atoms with Gasteiger partial charge in [-0.1, -0.05) is 115 Å². The largest absolute Gasteiger partial charge is 0.456 e. The van der Waals surface area contributed by atoms with Gasteiger partial charge < -0.3 is 4.42 Å². The average molecular weight is 604 g/mol. The van der Waals surface area contributed by atoms with Gasteiger partial charge in [0, 0.05) is 58.2 Å². The van der Waals surface area contributed by atoms with Crippen molar-refractivity contribution in [2.75, 3.05) is 0 Å². The van der Waals surface area contributed by atoms with E-state index in [4.69, 9.17) is 9.40 Å². The third-order valence-electron chi connectivity index (χ3n) is 9.26. The first-order valence-corrected chi connectivity index (χ1v) is 16.4. The van der Waals surface area contributed by atoms with Crippen LogP contribution < -0.4 is 0 Å². The summed E-state index contributed by atoms with van der Waals surface area (Å²) >= 11 is 1.85. The summed E-state index contributed by atoms with van der Waals surface area (Å²) in [6.45, 7) is 0. The number of nitrogens with zero attached hydrogens (tertiary/aromatic N) is 1. The molecule has 3 heterocycles. The highest BCUT2D eigenvalue weighted by molar-refractivity contribution is 7.25. The van der Waals surface area contributed by atoms with Crippen molar-refractivity contribution in [3.8, 4) is 33.5 Å². The number of aromatic nitrogens is 1. The van der Waals surface area contributed by atoms with Crippen LogP contribution in [0.3, 0.4) is 0 Å². The molecule has 0 unspecified atom stereocenters. The van der Waals surface area contributed by atoms with Crippen LogP contribution in [0, 0.1) is 0 Å². The summed E-state index contributed by atoms with van der Waals surface area (Å²) in [5.41, 5.74) is 9.54. The zero-order chi connectivity index (χ0) is 30.2. The molecule has 0 spiro atoms. The number of pyridine rings is 1. The topological polar surface area (TPSA) is 26.0 Å². The zero-order valence-electron chi connectivity index (χ0n) is 24.7. The predicted octanol–water partition coefficient (Wildman–Crippen LogP) is 12.7. The van der Waals surface area contributed by atoms with Crippen molar-refractivity contribution in [3.63, 3.8) is 0 Å². The fraction of sp³-hybridized carbons (Fsp3) is 0. The Morgan fingerprint density at radius 1 is 0.413 bits per heavy atom. The van der Waals surface area contributed by atoms with Crippen molar-refractivity contribution < 1.29 is 4.42 Å². The van der Waals surface area contributed by atoms with Crippen molar-refractivity contribution in [1.82, 2.24) is 4.98 Å². The van der Waals surface area contributed by atoms with Crippen molar-refractivity contribution >= 4 is 75.1 Å². The second kappa shape index (κ2) is 9.87. The fourth-order valence-corrected chi connectivity index (χ4v) is 8.24. The van der Waals surface area contributed by atoms with E-state index in [9.17, 15) is 0 Å². The van der Waals surface area contributed by atoms with E-state index in [0.29, 0.717) is 0 Å². The lowest BCUT2D eigenvalue weighted by Gasteiger charge is -2.16. The molecule has 0 fully saturated rings. The molecule has 0 saturated heterocycles. The first-order chi connectivity index (χ1) is 22.8. The maximum Gasteiger partial charge on any atom is 0.136 e. The summed E-state index contributed by atoms with van der Waals surface area (Å²) < 4.78 is 9.18. The molecule has 0 atom stereocenters. The molecule has 0 aliphatic heterocycles. The molecular weight excluding hydrogens is 579 g/mol. The number of hydrogen-bond acceptors (Lipinski definition) is 3. The fourth-order valence-electron chi connectivity index (χ4n) is 7.16. The monoisotopic (exact) mass is 603 g/mol. The Hall–Kier alpha value is -5.77. The SMILES string of the molecule is c1ccc(-c2c3c(cc4c(-c5ccc(-c6ccc7sc8ccccc8c7c6)cc5)nc5ccccc5c24)oc2ccccc23)cc1. The number of furan rings is 1. The van der Waals surface area contributed by atoms with Gasteiger partial charge in [0.05, 0.1) is 11.2 Å². The minimum atomic E-state index is 0.874. The van der Waals surface area contributed by atoms with Gasteiger partial charge in [0.25, 0.3) is 0 Å². The van der Waals surface area contributed by atoms with Crippen LogP contribution in [0.2, 0.25) is 0 Å². The standard InChI is InChI=1S/C43H25NOS/c1-2-10-27(11-3-1)40-41-31-13-4-7-15-35(31)44-43(34(41)25-37-42(40)32-14-5-8-16-36(32)45-37)28-20-18-26(19-21-28)29-22-23-39-33(24-29)30-12-6-9-17-38(30)46-39/h1-25H. The summed E-state index contributed by atoms with van der Waals surface area (Å²) in [6.07, 6.45) is 0. The number of thiophene rings is 1. The third-order valence-corrected chi connectivity index (χ3v) is 10.4. The molecule has 10 aromatic rings. The van der Waals surface area contributed by atoms with Crippen molar-refractivity contribution in [2.24, 2.45) is 0 Å². The minimum Gasteiger partial charge on any atom is -0.456 e. The molecule has 214 valence electrons. The minimum absolute atomic E-state index is 0.874. The van der Waals surface area contributed by atoms with E-state index in [-0.39, 0.29) is 0 Å². The van der Waals surface area contributed by atoms with Crippen LogP contribution in [0.1, 0.15) is 0 Å². The average Bonchev–Trinajstić information content (AvgIpc) is 3.68. The molecule has 0 radical (unpaired) electrons. The van der Waals surface area contributed by atoms with Crippen LogP contribution in [0.4, 0.5) is 0 Å². The van der Waals surface area contributed by atoms with Crippen LogP contribution in [0.5, 0.6) is 0 Å². The Bertz CT molecular complexity index is 2790. The van der Waals surface area contributed by atoms with E-state index in [1.165, 1.54) is 47.8 Å². The smallest absolute Gasteiger partial charge is 0.136 e. The second-order valence-electron chi connectivity index (χ2n) is 11.9. The van der Waals surface area contributed by atoms with Crippen LogP contribution in [-0.4, -0.2) is 4.98 Å². The van der Waals surface area contributed by atoms with Crippen LogP contribution in [-0.2, 0) is 0 Å².